The second-order valence-electron chi connectivity index (χ2n) is 4.41. The number of carbonyl (C=O) groups is 1. The Hall–Kier alpha value is -1.73. The van der Waals surface area contributed by atoms with E-state index in [-0.39, 0.29) is 5.91 Å². The maximum absolute atomic E-state index is 11.7. The molecule has 0 saturated carbocycles. The summed E-state index contributed by atoms with van der Waals surface area (Å²) in [7, 11) is 3.27. The summed E-state index contributed by atoms with van der Waals surface area (Å²) in [5.74, 6) is 1.11. The van der Waals surface area contributed by atoms with Gasteiger partial charge in [0.2, 0.25) is 5.91 Å². The number of amides is 1. The molecule has 0 saturated heterocycles. The predicted octanol–water partition coefficient (Wildman–Crippen LogP) is 1.82. The maximum atomic E-state index is 11.7. The second-order valence-corrected chi connectivity index (χ2v) is 5.37. The molecule has 7 heteroatoms. The van der Waals surface area contributed by atoms with Gasteiger partial charge in [-0.2, -0.15) is 0 Å². The second kappa shape index (κ2) is 7.90. The van der Waals surface area contributed by atoms with Crippen molar-refractivity contribution in [1.82, 2.24) is 15.3 Å². The molecular weight excluding hydrogens is 290 g/mol. The third kappa shape index (κ3) is 4.64. The Balaban J connectivity index is 1.84. The van der Waals surface area contributed by atoms with Crippen molar-refractivity contribution >= 4 is 28.7 Å². The summed E-state index contributed by atoms with van der Waals surface area (Å²) in [6.45, 7) is 1.28. The lowest BCUT2D eigenvalue weighted by Gasteiger charge is -2.03. The zero-order chi connectivity index (χ0) is 15.1. The number of nitrogens with zero attached hydrogens (tertiary/aromatic N) is 1. The number of aromatic amines is 1. The fourth-order valence-electron chi connectivity index (χ4n) is 1.79. The molecule has 0 bridgehead atoms. The molecule has 0 radical (unpaired) electrons. The minimum Gasteiger partial charge on any atom is -0.497 e. The molecule has 0 atom stereocenters. The van der Waals surface area contributed by atoms with E-state index in [9.17, 15) is 4.79 Å². The van der Waals surface area contributed by atoms with E-state index in [1.807, 2.05) is 18.2 Å². The molecule has 1 amide bonds. The van der Waals surface area contributed by atoms with Gasteiger partial charge in [-0.25, -0.2) is 4.98 Å². The molecule has 0 aliphatic heterocycles. The molecule has 2 rings (SSSR count). The number of ether oxygens (including phenoxy) is 2. The molecule has 0 unspecified atom stereocenters. The molecule has 0 fully saturated rings. The van der Waals surface area contributed by atoms with Crippen molar-refractivity contribution in [3.63, 3.8) is 0 Å². The number of hydrogen-bond acceptors (Lipinski definition) is 5. The van der Waals surface area contributed by atoms with Gasteiger partial charge in [-0.15, -0.1) is 0 Å². The summed E-state index contributed by atoms with van der Waals surface area (Å²) in [6.07, 6.45) is 0.817. The number of benzene rings is 1. The van der Waals surface area contributed by atoms with Crippen LogP contribution in [-0.2, 0) is 9.53 Å². The van der Waals surface area contributed by atoms with Gasteiger partial charge in [-0.1, -0.05) is 11.8 Å². The lowest BCUT2D eigenvalue weighted by molar-refractivity contribution is -0.118. The molecular formula is C14H19N3O3S. The first-order valence-corrected chi connectivity index (χ1v) is 7.63. The Morgan fingerprint density at radius 1 is 1.43 bits per heavy atom. The molecule has 2 aromatic rings. The van der Waals surface area contributed by atoms with Gasteiger partial charge in [0.25, 0.3) is 0 Å². The number of hydrogen-bond donors (Lipinski definition) is 2. The monoisotopic (exact) mass is 309 g/mol. The summed E-state index contributed by atoms with van der Waals surface area (Å²) < 4.78 is 10.1. The molecule has 6 nitrogen and oxygen atoms in total. The summed E-state index contributed by atoms with van der Waals surface area (Å²) >= 11 is 1.38. The molecule has 21 heavy (non-hydrogen) atoms. The van der Waals surface area contributed by atoms with E-state index in [4.69, 9.17) is 9.47 Å². The minimum absolute atomic E-state index is 0.00543. The highest BCUT2D eigenvalue weighted by molar-refractivity contribution is 7.99. The highest BCUT2D eigenvalue weighted by Crippen LogP contribution is 2.22. The van der Waals surface area contributed by atoms with Crippen LogP contribution < -0.4 is 10.1 Å². The third-order valence-corrected chi connectivity index (χ3v) is 3.73. The van der Waals surface area contributed by atoms with Crippen LogP contribution in [0.1, 0.15) is 6.42 Å². The molecule has 1 aromatic carbocycles. The quantitative estimate of drug-likeness (QED) is 0.574. The molecule has 1 heterocycles. The first-order chi connectivity index (χ1) is 10.2. The highest BCUT2D eigenvalue weighted by Gasteiger charge is 2.07. The van der Waals surface area contributed by atoms with Crippen molar-refractivity contribution < 1.29 is 14.3 Å². The number of methoxy groups -OCH3 is 2. The molecule has 0 spiro atoms. The number of rotatable bonds is 8. The average molecular weight is 309 g/mol. The number of fused-ring (bicyclic) bond motifs is 1. The number of carbonyl (C=O) groups excluding carboxylic acids is 1. The maximum Gasteiger partial charge on any atom is 0.230 e. The van der Waals surface area contributed by atoms with Crippen LogP contribution in [0.15, 0.2) is 23.4 Å². The van der Waals surface area contributed by atoms with Gasteiger partial charge in [-0.05, 0) is 18.6 Å². The van der Waals surface area contributed by atoms with Crippen LogP contribution in [-0.4, -0.2) is 49.0 Å². The van der Waals surface area contributed by atoms with E-state index in [0.29, 0.717) is 18.9 Å². The zero-order valence-corrected chi connectivity index (χ0v) is 13.0. The lowest BCUT2D eigenvalue weighted by Crippen LogP contribution is -2.26. The highest BCUT2D eigenvalue weighted by atomic mass is 32.2. The Kier molecular flexibility index (Phi) is 5.89. The van der Waals surface area contributed by atoms with Crippen LogP contribution in [0.5, 0.6) is 5.75 Å². The lowest BCUT2D eigenvalue weighted by atomic mass is 10.3. The first-order valence-electron chi connectivity index (χ1n) is 6.65. The fraction of sp³-hybridized carbons (Fsp3) is 0.429. The summed E-state index contributed by atoms with van der Waals surface area (Å²) in [5, 5.41) is 3.57. The largest absolute Gasteiger partial charge is 0.497 e. The topological polar surface area (TPSA) is 76.2 Å². The standard InChI is InChI=1S/C14H19N3O3S/c1-19-7-3-6-15-13(18)9-21-14-16-11-5-4-10(20-2)8-12(11)17-14/h4-5,8H,3,6-7,9H2,1-2H3,(H,15,18)(H,16,17). The van der Waals surface area contributed by atoms with Crippen LogP contribution in [0.2, 0.25) is 0 Å². The Morgan fingerprint density at radius 3 is 3.05 bits per heavy atom. The van der Waals surface area contributed by atoms with Crippen LogP contribution >= 0.6 is 11.8 Å². The number of H-pyrrole nitrogens is 1. The first kappa shape index (κ1) is 15.7. The SMILES string of the molecule is COCCCNC(=O)CSc1nc2ccc(OC)cc2[nH]1. The Labute approximate surface area is 127 Å². The van der Waals surface area contributed by atoms with Crippen LogP contribution in [0.25, 0.3) is 11.0 Å². The van der Waals surface area contributed by atoms with Gasteiger partial charge in [0, 0.05) is 26.3 Å². The normalized spacial score (nSPS) is 10.8. The predicted molar refractivity (Wildman–Crippen MR) is 82.9 cm³/mol. The van der Waals surface area contributed by atoms with E-state index in [0.717, 1.165) is 28.4 Å². The average Bonchev–Trinajstić information content (AvgIpc) is 2.91. The summed E-state index contributed by atoms with van der Waals surface area (Å²) in [4.78, 5) is 19.3. The number of thioether (sulfide) groups is 1. The van der Waals surface area contributed by atoms with Crippen molar-refractivity contribution in [3.05, 3.63) is 18.2 Å². The van der Waals surface area contributed by atoms with E-state index in [2.05, 4.69) is 15.3 Å². The Bertz CT molecular complexity index is 600. The molecule has 114 valence electrons. The molecule has 0 aliphatic rings. The van der Waals surface area contributed by atoms with Crippen molar-refractivity contribution in [1.29, 1.82) is 0 Å². The Morgan fingerprint density at radius 2 is 2.29 bits per heavy atom. The number of aromatic nitrogens is 2. The van der Waals surface area contributed by atoms with E-state index in [1.54, 1.807) is 14.2 Å². The van der Waals surface area contributed by atoms with E-state index < -0.39 is 0 Å². The van der Waals surface area contributed by atoms with Crippen molar-refractivity contribution in [2.45, 2.75) is 11.6 Å². The van der Waals surface area contributed by atoms with Crippen LogP contribution in [0.4, 0.5) is 0 Å². The van der Waals surface area contributed by atoms with Gasteiger partial charge >= 0.3 is 0 Å². The van der Waals surface area contributed by atoms with Crippen LogP contribution in [0, 0.1) is 0 Å². The molecule has 0 aliphatic carbocycles. The van der Waals surface area contributed by atoms with E-state index in [1.165, 1.54) is 11.8 Å². The zero-order valence-electron chi connectivity index (χ0n) is 12.1. The van der Waals surface area contributed by atoms with Gasteiger partial charge in [0.05, 0.1) is 23.9 Å². The van der Waals surface area contributed by atoms with E-state index >= 15 is 0 Å². The van der Waals surface area contributed by atoms with Crippen LogP contribution in [0.3, 0.4) is 0 Å². The van der Waals surface area contributed by atoms with Crippen molar-refractivity contribution in [2.75, 3.05) is 33.1 Å². The van der Waals surface area contributed by atoms with Crippen molar-refractivity contribution in [3.8, 4) is 5.75 Å². The van der Waals surface area contributed by atoms with Gasteiger partial charge < -0.3 is 19.8 Å². The van der Waals surface area contributed by atoms with Gasteiger partial charge in [0.15, 0.2) is 5.16 Å². The number of imidazole rings is 1. The van der Waals surface area contributed by atoms with Crippen molar-refractivity contribution in [2.24, 2.45) is 0 Å². The summed E-state index contributed by atoms with van der Waals surface area (Å²) in [6, 6.07) is 5.64. The molecule has 2 N–H and O–H groups in total. The fourth-order valence-corrected chi connectivity index (χ4v) is 2.50. The minimum atomic E-state index is -0.00543. The summed E-state index contributed by atoms with van der Waals surface area (Å²) in [5.41, 5.74) is 1.76. The van der Waals surface area contributed by atoms with Gasteiger partial charge in [-0.3, -0.25) is 4.79 Å². The third-order valence-electron chi connectivity index (χ3n) is 2.85. The molecule has 1 aromatic heterocycles. The smallest absolute Gasteiger partial charge is 0.230 e. The number of nitrogens with one attached hydrogen (secondary N) is 2. The van der Waals surface area contributed by atoms with Gasteiger partial charge in [0.1, 0.15) is 5.75 Å².